The smallest absolute Gasteiger partial charge is 0.315 e. The average molecular weight is 240 g/mol. The van der Waals surface area contributed by atoms with Crippen molar-refractivity contribution < 1.29 is 14.7 Å². The second-order valence-electron chi connectivity index (χ2n) is 5.66. The van der Waals surface area contributed by atoms with E-state index in [9.17, 15) is 9.59 Å². The fraction of sp³-hybridized carbons (Fsp3) is 0.833. The molecule has 2 amide bonds. The predicted molar refractivity (Wildman–Crippen MR) is 62.7 cm³/mol. The summed E-state index contributed by atoms with van der Waals surface area (Å²) in [5.74, 6) is -0.801. The van der Waals surface area contributed by atoms with E-state index in [1.165, 1.54) is 0 Å². The molecular weight excluding hydrogens is 220 g/mol. The molecule has 0 aromatic carbocycles. The first-order valence-electron chi connectivity index (χ1n) is 6.25. The Morgan fingerprint density at radius 1 is 1.18 bits per heavy atom. The first-order valence-corrected chi connectivity index (χ1v) is 6.25. The summed E-state index contributed by atoms with van der Waals surface area (Å²) in [6, 6.07) is -0.234. The zero-order valence-electron chi connectivity index (χ0n) is 10.2. The van der Waals surface area contributed by atoms with Crippen molar-refractivity contribution >= 4 is 12.0 Å². The Labute approximate surface area is 101 Å². The van der Waals surface area contributed by atoms with Gasteiger partial charge in [-0.2, -0.15) is 0 Å². The van der Waals surface area contributed by atoms with E-state index >= 15 is 0 Å². The molecule has 2 aliphatic rings. The molecule has 2 rings (SSSR count). The van der Waals surface area contributed by atoms with Gasteiger partial charge in [0.1, 0.15) is 0 Å². The van der Waals surface area contributed by atoms with Gasteiger partial charge in [0, 0.05) is 12.1 Å². The molecule has 17 heavy (non-hydrogen) atoms. The van der Waals surface area contributed by atoms with Crippen LogP contribution in [0, 0.1) is 5.41 Å². The number of carbonyl (C=O) groups is 2. The first-order chi connectivity index (χ1) is 7.96. The Morgan fingerprint density at radius 2 is 1.76 bits per heavy atom. The van der Waals surface area contributed by atoms with Crippen LogP contribution in [-0.4, -0.2) is 29.2 Å². The van der Waals surface area contributed by atoms with Crippen LogP contribution in [0.2, 0.25) is 0 Å². The number of carboxylic acids is 1. The molecule has 0 saturated heterocycles. The molecule has 0 aliphatic heterocycles. The van der Waals surface area contributed by atoms with Crippen molar-refractivity contribution in [3.63, 3.8) is 0 Å². The lowest BCUT2D eigenvalue weighted by molar-refractivity contribution is -0.143. The largest absolute Gasteiger partial charge is 0.481 e. The van der Waals surface area contributed by atoms with Gasteiger partial charge < -0.3 is 15.7 Å². The lowest BCUT2D eigenvalue weighted by Gasteiger charge is -2.25. The van der Waals surface area contributed by atoms with Crippen molar-refractivity contribution in [2.75, 3.05) is 6.54 Å². The first kappa shape index (κ1) is 12.2. The zero-order valence-corrected chi connectivity index (χ0v) is 10.2. The zero-order chi connectivity index (χ0) is 12.5. The maximum Gasteiger partial charge on any atom is 0.315 e. The van der Waals surface area contributed by atoms with Crippen LogP contribution in [0.1, 0.15) is 45.4 Å². The monoisotopic (exact) mass is 240 g/mol. The number of rotatable bonds is 4. The molecule has 5 heteroatoms. The van der Waals surface area contributed by atoms with E-state index in [1.807, 2.05) is 6.92 Å². The molecule has 0 aromatic rings. The number of carbonyl (C=O) groups excluding carboxylic acids is 1. The van der Waals surface area contributed by atoms with E-state index in [2.05, 4.69) is 10.6 Å². The molecular formula is C12H20N2O3. The lowest BCUT2D eigenvalue weighted by atomic mass is 10.0. The second-order valence-corrected chi connectivity index (χ2v) is 5.66. The number of hydrogen-bond donors (Lipinski definition) is 3. The Balaban J connectivity index is 1.76. The molecule has 0 atom stereocenters. The summed E-state index contributed by atoms with van der Waals surface area (Å²) in [5, 5.41) is 14.6. The van der Waals surface area contributed by atoms with Crippen molar-refractivity contribution in [1.82, 2.24) is 10.6 Å². The van der Waals surface area contributed by atoms with Crippen molar-refractivity contribution in [1.29, 1.82) is 0 Å². The molecule has 3 N–H and O–H groups in total. The van der Waals surface area contributed by atoms with Gasteiger partial charge in [-0.1, -0.05) is 12.8 Å². The second kappa shape index (κ2) is 4.20. The Kier molecular flexibility index (Phi) is 3.02. The lowest BCUT2D eigenvalue weighted by Crippen LogP contribution is -2.50. The third-order valence-corrected chi connectivity index (χ3v) is 4.02. The quantitative estimate of drug-likeness (QED) is 0.696. The summed E-state index contributed by atoms with van der Waals surface area (Å²) in [6.07, 6.45) is 5.64. The van der Waals surface area contributed by atoms with Crippen molar-refractivity contribution in [2.24, 2.45) is 5.41 Å². The average Bonchev–Trinajstić information content (AvgIpc) is 2.94. The van der Waals surface area contributed by atoms with Gasteiger partial charge in [0.2, 0.25) is 0 Å². The van der Waals surface area contributed by atoms with Crippen molar-refractivity contribution in [2.45, 2.75) is 51.0 Å². The summed E-state index contributed by atoms with van der Waals surface area (Å²) in [6.45, 7) is 2.29. The highest BCUT2D eigenvalue weighted by atomic mass is 16.4. The normalized spacial score (nSPS) is 24.1. The third-order valence-electron chi connectivity index (χ3n) is 4.02. The number of hydrogen-bond acceptors (Lipinski definition) is 2. The van der Waals surface area contributed by atoms with Crippen LogP contribution < -0.4 is 10.6 Å². The number of carboxylic acid groups (broad SMARTS) is 1. The highest BCUT2D eigenvalue weighted by molar-refractivity contribution is 5.80. The Morgan fingerprint density at radius 3 is 2.24 bits per heavy atom. The number of aliphatic carboxylic acids is 1. The van der Waals surface area contributed by atoms with Gasteiger partial charge in [-0.15, -0.1) is 0 Å². The molecule has 5 nitrogen and oxygen atoms in total. The van der Waals surface area contributed by atoms with Crippen molar-refractivity contribution in [3.05, 3.63) is 0 Å². The molecule has 0 radical (unpaired) electrons. The van der Waals surface area contributed by atoms with Crippen LogP contribution in [0.15, 0.2) is 0 Å². The minimum atomic E-state index is -0.801. The summed E-state index contributed by atoms with van der Waals surface area (Å²) in [4.78, 5) is 22.6. The fourth-order valence-corrected chi connectivity index (χ4v) is 2.47. The molecule has 0 aromatic heterocycles. The number of nitrogens with one attached hydrogen (secondary N) is 2. The van der Waals surface area contributed by atoms with Crippen LogP contribution in [0.4, 0.5) is 4.79 Å². The van der Waals surface area contributed by atoms with Gasteiger partial charge in [-0.25, -0.2) is 4.79 Å². The van der Waals surface area contributed by atoms with E-state index in [1.54, 1.807) is 0 Å². The number of urea groups is 1. The van der Waals surface area contributed by atoms with E-state index in [4.69, 9.17) is 5.11 Å². The SMILES string of the molecule is CC1(NC(=O)NCC2(C(=O)O)CC2)CCCC1. The number of amides is 2. The van der Waals surface area contributed by atoms with Crippen LogP contribution >= 0.6 is 0 Å². The highest BCUT2D eigenvalue weighted by Gasteiger charge is 2.50. The topological polar surface area (TPSA) is 78.4 Å². The standard InChI is InChI=1S/C12H20N2O3/c1-11(4-2-3-5-11)14-10(17)13-8-12(6-7-12)9(15)16/h2-8H2,1H3,(H,15,16)(H2,13,14,17). The van der Waals surface area contributed by atoms with Gasteiger partial charge in [0.25, 0.3) is 0 Å². The molecule has 2 fully saturated rings. The van der Waals surface area contributed by atoms with E-state index in [0.29, 0.717) is 12.8 Å². The van der Waals surface area contributed by atoms with Gasteiger partial charge in [-0.3, -0.25) is 4.79 Å². The minimum Gasteiger partial charge on any atom is -0.481 e. The summed E-state index contributed by atoms with van der Waals surface area (Å²) in [5.41, 5.74) is -0.794. The van der Waals surface area contributed by atoms with E-state index < -0.39 is 11.4 Å². The summed E-state index contributed by atoms with van der Waals surface area (Å²) < 4.78 is 0. The van der Waals surface area contributed by atoms with Crippen LogP contribution in [-0.2, 0) is 4.79 Å². The van der Waals surface area contributed by atoms with Gasteiger partial charge in [-0.05, 0) is 32.6 Å². The van der Waals surface area contributed by atoms with E-state index in [-0.39, 0.29) is 18.1 Å². The Hall–Kier alpha value is -1.26. The molecule has 0 spiro atoms. The molecule has 0 unspecified atom stereocenters. The highest BCUT2D eigenvalue weighted by Crippen LogP contribution is 2.45. The van der Waals surface area contributed by atoms with Gasteiger partial charge in [0.05, 0.1) is 5.41 Å². The molecule has 2 saturated carbocycles. The van der Waals surface area contributed by atoms with Gasteiger partial charge >= 0.3 is 12.0 Å². The third kappa shape index (κ3) is 2.70. The predicted octanol–water partition coefficient (Wildman–Crippen LogP) is 1.48. The van der Waals surface area contributed by atoms with E-state index in [0.717, 1.165) is 25.7 Å². The van der Waals surface area contributed by atoms with Crippen LogP contribution in [0.25, 0.3) is 0 Å². The van der Waals surface area contributed by atoms with Crippen molar-refractivity contribution in [3.8, 4) is 0 Å². The van der Waals surface area contributed by atoms with Gasteiger partial charge in [0.15, 0.2) is 0 Å². The van der Waals surface area contributed by atoms with Crippen LogP contribution in [0.3, 0.4) is 0 Å². The Bertz CT molecular complexity index is 331. The summed E-state index contributed by atoms with van der Waals surface area (Å²) >= 11 is 0. The maximum absolute atomic E-state index is 11.7. The summed E-state index contributed by atoms with van der Waals surface area (Å²) in [7, 11) is 0. The molecule has 96 valence electrons. The fourth-order valence-electron chi connectivity index (χ4n) is 2.47. The minimum absolute atomic E-state index is 0.107. The molecule has 2 aliphatic carbocycles. The van der Waals surface area contributed by atoms with Crippen LogP contribution in [0.5, 0.6) is 0 Å². The molecule has 0 bridgehead atoms. The molecule has 0 heterocycles. The maximum atomic E-state index is 11.7.